The van der Waals surface area contributed by atoms with Crippen molar-refractivity contribution in [2.45, 2.75) is 18.9 Å². The summed E-state index contributed by atoms with van der Waals surface area (Å²) in [6.45, 7) is 0.320. The van der Waals surface area contributed by atoms with Crippen LogP contribution in [0.15, 0.2) is 24.3 Å². The van der Waals surface area contributed by atoms with E-state index in [2.05, 4.69) is 11.2 Å². The Balaban J connectivity index is 1.88. The average molecular weight is 228 g/mol. The fourth-order valence-corrected chi connectivity index (χ4v) is 1.69. The van der Waals surface area contributed by atoms with Crippen LogP contribution in [0, 0.1) is 12.3 Å². The van der Waals surface area contributed by atoms with E-state index in [9.17, 15) is 4.79 Å². The first-order valence-corrected chi connectivity index (χ1v) is 5.77. The van der Waals surface area contributed by atoms with Crippen molar-refractivity contribution in [3.8, 4) is 12.3 Å². The van der Waals surface area contributed by atoms with Crippen LogP contribution < -0.4 is 5.32 Å². The molecule has 1 aliphatic carbocycles. The van der Waals surface area contributed by atoms with E-state index >= 15 is 0 Å². The van der Waals surface area contributed by atoms with Crippen molar-refractivity contribution in [2.75, 3.05) is 18.9 Å². The molecule has 17 heavy (non-hydrogen) atoms. The van der Waals surface area contributed by atoms with E-state index in [0.717, 1.165) is 24.1 Å². The summed E-state index contributed by atoms with van der Waals surface area (Å²) < 4.78 is 0. The van der Waals surface area contributed by atoms with E-state index < -0.39 is 0 Å². The predicted octanol–water partition coefficient (Wildman–Crippen LogP) is 1.70. The highest BCUT2D eigenvalue weighted by molar-refractivity contribution is 5.81. The molecule has 88 valence electrons. The zero-order chi connectivity index (χ0) is 12.3. The van der Waals surface area contributed by atoms with Crippen molar-refractivity contribution in [1.82, 2.24) is 4.90 Å². The third kappa shape index (κ3) is 3.01. The molecule has 0 unspecified atom stereocenters. The highest BCUT2D eigenvalue weighted by Gasteiger charge is 2.29. The highest BCUT2D eigenvalue weighted by atomic mass is 16.2. The lowest BCUT2D eigenvalue weighted by molar-refractivity contribution is -0.128. The van der Waals surface area contributed by atoms with Gasteiger partial charge in [0, 0.05) is 24.3 Å². The van der Waals surface area contributed by atoms with Crippen LogP contribution in [-0.2, 0) is 4.79 Å². The average Bonchev–Trinajstić information content (AvgIpc) is 3.19. The summed E-state index contributed by atoms with van der Waals surface area (Å²) in [5, 5.41) is 3.10. The molecule has 0 radical (unpaired) electrons. The third-order valence-electron chi connectivity index (χ3n) is 2.96. The fourth-order valence-electron chi connectivity index (χ4n) is 1.69. The maximum Gasteiger partial charge on any atom is 0.241 e. The van der Waals surface area contributed by atoms with E-state index in [-0.39, 0.29) is 5.91 Å². The van der Waals surface area contributed by atoms with Gasteiger partial charge in [-0.2, -0.15) is 0 Å². The Labute approximate surface area is 102 Å². The van der Waals surface area contributed by atoms with Gasteiger partial charge in [0.2, 0.25) is 5.91 Å². The van der Waals surface area contributed by atoms with Crippen molar-refractivity contribution >= 4 is 11.6 Å². The van der Waals surface area contributed by atoms with E-state index in [0.29, 0.717) is 12.6 Å². The molecule has 1 aliphatic rings. The lowest BCUT2D eigenvalue weighted by Gasteiger charge is -2.16. The first-order valence-electron chi connectivity index (χ1n) is 5.77. The molecule has 0 heterocycles. The standard InChI is InChI=1S/C14H16N2O/c1-3-11-5-4-6-12(9-11)15-10-14(17)16(2)13-7-8-13/h1,4-6,9,13,15H,7-8,10H2,2H3. The zero-order valence-electron chi connectivity index (χ0n) is 9.94. The summed E-state index contributed by atoms with van der Waals surface area (Å²) in [6, 6.07) is 7.98. The van der Waals surface area contributed by atoms with Crippen molar-refractivity contribution in [3.63, 3.8) is 0 Å². The van der Waals surface area contributed by atoms with E-state index in [1.54, 1.807) is 0 Å². The van der Waals surface area contributed by atoms with Gasteiger partial charge in [-0.05, 0) is 31.0 Å². The van der Waals surface area contributed by atoms with Gasteiger partial charge in [-0.1, -0.05) is 12.0 Å². The molecular weight excluding hydrogens is 212 g/mol. The molecule has 1 saturated carbocycles. The minimum atomic E-state index is 0.124. The number of amides is 1. The summed E-state index contributed by atoms with van der Waals surface area (Å²) in [5.74, 6) is 2.69. The fraction of sp³-hybridized carbons (Fsp3) is 0.357. The number of likely N-dealkylation sites (N-methyl/N-ethyl adjacent to an activating group) is 1. The highest BCUT2D eigenvalue weighted by Crippen LogP contribution is 2.25. The first kappa shape index (κ1) is 11.5. The minimum Gasteiger partial charge on any atom is -0.376 e. The molecule has 1 N–H and O–H groups in total. The second-order valence-corrected chi connectivity index (χ2v) is 4.31. The number of anilines is 1. The third-order valence-corrected chi connectivity index (χ3v) is 2.96. The van der Waals surface area contributed by atoms with Crippen LogP contribution in [0.4, 0.5) is 5.69 Å². The molecule has 3 nitrogen and oxygen atoms in total. The topological polar surface area (TPSA) is 32.3 Å². The van der Waals surface area contributed by atoms with Crippen LogP contribution in [-0.4, -0.2) is 30.4 Å². The number of nitrogens with zero attached hydrogens (tertiary/aromatic N) is 1. The molecule has 2 rings (SSSR count). The Bertz CT molecular complexity index is 458. The van der Waals surface area contributed by atoms with E-state index in [1.807, 2.05) is 36.2 Å². The predicted molar refractivity (Wildman–Crippen MR) is 68.7 cm³/mol. The van der Waals surface area contributed by atoms with Crippen molar-refractivity contribution in [2.24, 2.45) is 0 Å². The molecular formula is C14H16N2O. The molecule has 0 aromatic heterocycles. The molecule has 0 aliphatic heterocycles. The van der Waals surface area contributed by atoms with Gasteiger partial charge in [0.05, 0.1) is 6.54 Å². The number of terminal acetylenes is 1. The molecule has 1 aromatic carbocycles. The molecule has 0 bridgehead atoms. The van der Waals surface area contributed by atoms with Gasteiger partial charge in [0.25, 0.3) is 0 Å². The Hall–Kier alpha value is -1.95. The lowest BCUT2D eigenvalue weighted by atomic mass is 10.2. The molecule has 0 spiro atoms. The number of carbonyl (C=O) groups excluding carboxylic acids is 1. The van der Waals surface area contributed by atoms with Crippen molar-refractivity contribution < 1.29 is 4.79 Å². The van der Waals surface area contributed by atoms with Gasteiger partial charge in [-0.3, -0.25) is 4.79 Å². The van der Waals surface area contributed by atoms with Gasteiger partial charge in [-0.25, -0.2) is 0 Å². The second-order valence-electron chi connectivity index (χ2n) is 4.31. The largest absolute Gasteiger partial charge is 0.376 e. The van der Waals surface area contributed by atoms with Crippen LogP contribution in [0.2, 0.25) is 0 Å². The van der Waals surface area contributed by atoms with Gasteiger partial charge in [-0.15, -0.1) is 6.42 Å². The Morgan fingerprint density at radius 2 is 2.35 bits per heavy atom. The second kappa shape index (κ2) is 4.92. The number of hydrogen-bond donors (Lipinski definition) is 1. The monoisotopic (exact) mass is 228 g/mol. The maximum atomic E-state index is 11.8. The quantitative estimate of drug-likeness (QED) is 0.795. The molecule has 3 heteroatoms. The number of rotatable bonds is 4. The van der Waals surface area contributed by atoms with Crippen LogP contribution in [0.25, 0.3) is 0 Å². The number of benzene rings is 1. The summed E-state index contributed by atoms with van der Waals surface area (Å²) >= 11 is 0. The van der Waals surface area contributed by atoms with Gasteiger partial charge < -0.3 is 10.2 Å². The van der Waals surface area contributed by atoms with Crippen LogP contribution in [0.5, 0.6) is 0 Å². The molecule has 0 saturated heterocycles. The smallest absolute Gasteiger partial charge is 0.241 e. The number of nitrogens with one attached hydrogen (secondary N) is 1. The Morgan fingerprint density at radius 1 is 1.59 bits per heavy atom. The van der Waals surface area contributed by atoms with Crippen molar-refractivity contribution in [1.29, 1.82) is 0 Å². The normalized spacial score (nSPS) is 13.9. The molecule has 0 atom stereocenters. The summed E-state index contributed by atoms with van der Waals surface area (Å²) in [5.41, 5.74) is 1.70. The SMILES string of the molecule is C#Cc1cccc(NCC(=O)N(C)C2CC2)c1. The number of hydrogen-bond acceptors (Lipinski definition) is 2. The molecule has 1 amide bonds. The molecule has 1 aromatic rings. The van der Waals surface area contributed by atoms with Crippen LogP contribution in [0.1, 0.15) is 18.4 Å². The maximum absolute atomic E-state index is 11.8. The molecule has 1 fully saturated rings. The van der Waals surface area contributed by atoms with Crippen molar-refractivity contribution in [3.05, 3.63) is 29.8 Å². The van der Waals surface area contributed by atoms with E-state index in [4.69, 9.17) is 6.42 Å². The van der Waals surface area contributed by atoms with Crippen LogP contribution >= 0.6 is 0 Å². The first-order chi connectivity index (χ1) is 8.20. The summed E-state index contributed by atoms with van der Waals surface area (Å²) in [4.78, 5) is 13.6. The van der Waals surface area contributed by atoms with Crippen LogP contribution in [0.3, 0.4) is 0 Å². The number of carbonyl (C=O) groups is 1. The minimum absolute atomic E-state index is 0.124. The zero-order valence-corrected chi connectivity index (χ0v) is 9.94. The van der Waals surface area contributed by atoms with E-state index in [1.165, 1.54) is 0 Å². The van der Waals surface area contributed by atoms with Gasteiger partial charge >= 0.3 is 0 Å². The summed E-state index contributed by atoms with van der Waals surface area (Å²) in [6.07, 6.45) is 7.59. The Kier molecular flexibility index (Phi) is 3.34. The Morgan fingerprint density at radius 3 is 3.00 bits per heavy atom. The lowest BCUT2D eigenvalue weighted by Crippen LogP contribution is -2.33. The van der Waals surface area contributed by atoms with Gasteiger partial charge in [0.1, 0.15) is 0 Å². The van der Waals surface area contributed by atoms with Gasteiger partial charge in [0.15, 0.2) is 0 Å². The summed E-state index contributed by atoms with van der Waals surface area (Å²) in [7, 11) is 1.86.